The minimum absolute atomic E-state index is 0.0173. The number of anilines is 1. The zero-order chi connectivity index (χ0) is 19.7. The van der Waals surface area contributed by atoms with E-state index in [1.165, 1.54) is 0 Å². The summed E-state index contributed by atoms with van der Waals surface area (Å²) in [5.74, 6) is 0.702. The Morgan fingerprint density at radius 2 is 1.93 bits per heavy atom. The molecular formula is C20H20ClN3O4. The van der Waals surface area contributed by atoms with Gasteiger partial charge >= 0.3 is 0 Å². The molecule has 3 heterocycles. The maximum absolute atomic E-state index is 12.7. The van der Waals surface area contributed by atoms with Crippen molar-refractivity contribution in [1.29, 1.82) is 0 Å². The van der Waals surface area contributed by atoms with Crippen molar-refractivity contribution in [2.75, 3.05) is 31.6 Å². The Kier molecular flexibility index (Phi) is 5.09. The fourth-order valence-electron chi connectivity index (χ4n) is 3.45. The summed E-state index contributed by atoms with van der Waals surface area (Å²) >= 11 is 6.04. The first-order valence-electron chi connectivity index (χ1n) is 9.05. The van der Waals surface area contributed by atoms with E-state index < -0.39 is 0 Å². The minimum Gasteiger partial charge on any atom is -0.497 e. The van der Waals surface area contributed by atoms with Crippen LogP contribution in [-0.4, -0.2) is 54.5 Å². The minimum atomic E-state index is -0.339. The van der Waals surface area contributed by atoms with Crippen LogP contribution < -0.4 is 14.4 Å². The van der Waals surface area contributed by atoms with E-state index in [0.717, 1.165) is 11.4 Å². The first kappa shape index (κ1) is 18.6. The molecule has 28 heavy (non-hydrogen) atoms. The lowest BCUT2D eigenvalue weighted by Gasteiger charge is -2.39. The zero-order valence-corrected chi connectivity index (χ0v) is 16.1. The van der Waals surface area contributed by atoms with Crippen molar-refractivity contribution in [1.82, 2.24) is 9.88 Å². The van der Waals surface area contributed by atoms with Gasteiger partial charge in [0, 0.05) is 24.8 Å². The van der Waals surface area contributed by atoms with E-state index >= 15 is 0 Å². The van der Waals surface area contributed by atoms with Gasteiger partial charge in [-0.05, 0) is 36.4 Å². The van der Waals surface area contributed by atoms with E-state index in [9.17, 15) is 9.59 Å². The fourth-order valence-corrected chi connectivity index (χ4v) is 3.62. The molecule has 2 amide bonds. The monoisotopic (exact) mass is 401 g/mol. The average molecular weight is 402 g/mol. The van der Waals surface area contributed by atoms with Gasteiger partial charge in [0.05, 0.1) is 26.1 Å². The fraction of sp³-hybridized carbons (Fsp3) is 0.350. The van der Waals surface area contributed by atoms with E-state index in [-0.39, 0.29) is 30.3 Å². The molecule has 2 fully saturated rings. The first-order valence-corrected chi connectivity index (χ1v) is 9.43. The summed E-state index contributed by atoms with van der Waals surface area (Å²) in [6, 6.07) is 10.7. The summed E-state index contributed by atoms with van der Waals surface area (Å²) in [6.45, 7) is 1.33. The number of ether oxygens (including phenoxy) is 2. The Hall–Kier alpha value is -2.80. The molecule has 1 atom stereocenters. The second-order valence-electron chi connectivity index (χ2n) is 6.88. The van der Waals surface area contributed by atoms with Gasteiger partial charge in [0.15, 0.2) is 0 Å². The number of aromatic nitrogens is 1. The lowest BCUT2D eigenvalue weighted by atomic mass is 10.0. The average Bonchev–Trinajstić information content (AvgIpc) is 3.07. The van der Waals surface area contributed by atoms with Crippen LogP contribution in [0.25, 0.3) is 0 Å². The van der Waals surface area contributed by atoms with Crippen molar-refractivity contribution < 1.29 is 19.1 Å². The van der Waals surface area contributed by atoms with Gasteiger partial charge in [-0.15, -0.1) is 0 Å². The van der Waals surface area contributed by atoms with Gasteiger partial charge in [-0.1, -0.05) is 11.6 Å². The molecule has 8 heteroatoms. The molecular weight excluding hydrogens is 382 g/mol. The predicted octanol–water partition coefficient (Wildman–Crippen LogP) is 2.39. The highest BCUT2D eigenvalue weighted by Crippen LogP contribution is 2.30. The van der Waals surface area contributed by atoms with Crippen LogP contribution in [0.4, 0.5) is 5.69 Å². The first-order chi connectivity index (χ1) is 13.5. The molecule has 0 N–H and O–H groups in total. The van der Waals surface area contributed by atoms with Crippen LogP contribution in [0.3, 0.4) is 0 Å². The number of halogens is 1. The Bertz CT molecular complexity index is 883. The molecule has 7 nitrogen and oxygen atoms in total. The summed E-state index contributed by atoms with van der Waals surface area (Å²) in [4.78, 5) is 32.6. The summed E-state index contributed by atoms with van der Waals surface area (Å²) in [5, 5.41) is 0.448. The maximum Gasteiger partial charge on any atom is 0.232 e. The van der Waals surface area contributed by atoms with Crippen LogP contribution in [0.2, 0.25) is 5.02 Å². The molecule has 2 aliphatic heterocycles. The Balaban J connectivity index is 1.32. The predicted molar refractivity (Wildman–Crippen MR) is 104 cm³/mol. The van der Waals surface area contributed by atoms with Crippen LogP contribution in [0.5, 0.6) is 11.6 Å². The van der Waals surface area contributed by atoms with E-state index in [4.69, 9.17) is 21.1 Å². The third kappa shape index (κ3) is 3.62. The third-order valence-corrected chi connectivity index (χ3v) is 5.31. The van der Waals surface area contributed by atoms with Gasteiger partial charge in [0.2, 0.25) is 17.7 Å². The van der Waals surface area contributed by atoms with Gasteiger partial charge in [-0.2, -0.15) is 0 Å². The highest BCUT2D eigenvalue weighted by molar-refractivity contribution is 6.31. The number of hydrogen-bond acceptors (Lipinski definition) is 5. The van der Waals surface area contributed by atoms with Gasteiger partial charge < -0.3 is 19.3 Å². The molecule has 146 valence electrons. The van der Waals surface area contributed by atoms with E-state index in [1.54, 1.807) is 47.4 Å². The second-order valence-corrected chi connectivity index (χ2v) is 7.28. The van der Waals surface area contributed by atoms with Crippen LogP contribution >= 0.6 is 11.6 Å². The summed E-state index contributed by atoms with van der Waals surface area (Å²) < 4.78 is 10.9. The quantitative estimate of drug-likeness (QED) is 0.769. The van der Waals surface area contributed by atoms with Crippen molar-refractivity contribution in [2.24, 2.45) is 5.92 Å². The molecule has 2 saturated heterocycles. The Morgan fingerprint density at radius 1 is 1.18 bits per heavy atom. The van der Waals surface area contributed by atoms with E-state index in [0.29, 0.717) is 30.5 Å². The normalized spacial score (nSPS) is 19.5. The zero-order valence-electron chi connectivity index (χ0n) is 15.4. The molecule has 1 aromatic carbocycles. The van der Waals surface area contributed by atoms with Crippen molar-refractivity contribution in [3.8, 4) is 11.6 Å². The van der Waals surface area contributed by atoms with E-state index in [2.05, 4.69) is 4.98 Å². The lowest BCUT2D eigenvalue weighted by Crippen LogP contribution is -2.57. The highest BCUT2D eigenvalue weighted by atomic mass is 35.5. The molecule has 4 rings (SSSR count). The number of benzene rings is 1. The number of rotatable bonds is 5. The number of carbonyl (C=O) groups excluding carboxylic acids is 2. The smallest absolute Gasteiger partial charge is 0.232 e. The number of amides is 2. The van der Waals surface area contributed by atoms with Gasteiger partial charge in [-0.3, -0.25) is 9.59 Å². The standard InChI is InChI=1S/C20H20ClN3O4/c1-27-15-6-4-14(5-7-15)24-10-13(9-18(24)25)20(26)23-11-16(12-23)28-19-17(21)3-2-8-22-19/h2-8,13,16H,9-12H2,1H3. The molecule has 0 saturated carbocycles. The SMILES string of the molecule is COc1ccc(N2CC(C(=O)N3CC(Oc4ncccc4Cl)C3)CC2=O)cc1. The van der Waals surface area contributed by atoms with Crippen molar-refractivity contribution >= 4 is 29.1 Å². The van der Waals surface area contributed by atoms with Crippen molar-refractivity contribution in [2.45, 2.75) is 12.5 Å². The van der Waals surface area contributed by atoms with Crippen molar-refractivity contribution in [3.63, 3.8) is 0 Å². The van der Waals surface area contributed by atoms with E-state index in [1.807, 2.05) is 12.1 Å². The molecule has 0 radical (unpaired) electrons. The van der Waals surface area contributed by atoms with Crippen LogP contribution in [0.1, 0.15) is 6.42 Å². The molecule has 0 bridgehead atoms. The summed E-state index contributed by atoms with van der Waals surface area (Å²) in [6.07, 6.45) is 1.70. The number of nitrogens with zero attached hydrogens (tertiary/aromatic N) is 3. The molecule has 2 aromatic rings. The van der Waals surface area contributed by atoms with Gasteiger partial charge in [-0.25, -0.2) is 4.98 Å². The van der Waals surface area contributed by atoms with Crippen LogP contribution in [0, 0.1) is 5.92 Å². The third-order valence-electron chi connectivity index (χ3n) is 5.02. The van der Waals surface area contributed by atoms with Crippen LogP contribution in [-0.2, 0) is 9.59 Å². The van der Waals surface area contributed by atoms with Crippen molar-refractivity contribution in [3.05, 3.63) is 47.6 Å². The largest absolute Gasteiger partial charge is 0.497 e. The number of methoxy groups -OCH3 is 1. The number of pyridine rings is 1. The number of likely N-dealkylation sites (tertiary alicyclic amines) is 1. The molecule has 1 unspecified atom stereocenters. The topological polar surface area (TPSA) is 72.0 Å². The van der Waals surface area contributed by atoms with Gasteiger partial charge in [0.1, 0.15) is 16.9 Å². The summed E-state index contributed by atoms with van der Waals surface area (Å²) in [7, 11) is 1.59. The molecule has 0 spiro atoms. The second kappa shape index (κ2) is 7.67. The number of hydrogen-bond donors (Lipinski definition) is 0. The number of carbonyl (C=O) groups is 2. The van der Waals surface area contributed by atoms with Gasteiger partial charge in [0.25, 0.3) is 0 Å². The summed E-state index contributed by atoms with van der Waals surface area (Å²) in [5.41, 5.74) is 0.774. The Labute approximate surface area is 167 Å². The maximum atomic E-state index is 12.7. The molecule has 1 aromatic heterocycles. The highest BCUT2D eigenvalue weighted by Gasteiger charge is 2.41. The Morgan fingerprint density at radius 3 is 2.61 bits per heavy atom. The molecule has 2 aliphatic rings. The lowest BCUT2D eigenvalue weighted by molar-refractivity contribution is -0.144. The molecule has 0 aliphatic carbocycles. The van der Waals surface area contributed by atoms with Crippen LogP contribution in [0.15, 0.2) is 42.6 Å².